The molecule has 0 aromatic carbocycles. The Balaban J connectivity index is 4.39. The van der Waals surface area contributed by atoms with Crippen LogP contribution in [-0.2, 0) is 4.57 Å². The molecule has 0 unspecified atom stereocenters. The zero-order chi connectivity index (χ0) is 8.58. The summed E-state index contributed by atoms with van der Waals surface area (Å²) in [6.07, 6.45) is 0. The molecule has 0 aliphatic rings. The van der Waals surface area contributed by atoms with E-state index in [1.807, 2.05) is 0 Å². The lowest BCUT2D eigenvalue weighted by atomic mass is 9.98. The average molecular weight is 168 g/mol. The molecule has 5 heteroatoms. The first-order valence-corrected chi connectivity index (χ1v) is 4.57. The summed E-state index contributed by atoms with van der Waals surface area (Å²) in [5, 5.41) is 8.96. The van der Waals surface area contributed by atoms with Crippen LogP contribution in [0.4, 0.5) is 0 Å². The molecule has 0 aromatic rings. The van der Waals surface area contributed by atoms with E-state index in [9.17, 15) is 4.57 Å². The lowest BCUT2D eigenvalue weighted by molar-refractivity contribution is 0.104. The summed E-state index contributed by atoms with van der Waals surface area (Å²) in [5.41, 5.74) is -0.765. The third-order valence-corrected chi connectivity index (χ3v) is 2.50. The van der Waals surface area contributed by atoms with Gasteiger partial charge in [-0.3, -0.25) is 4.57 Å². The van der Waals surface area contributed by atoms with E-state index in [0.29, 0.717) is 0 Å². The summed E-state index contributed by atoms with van der Waals surface area (Å²) >= 11 is 0. The molecular weight excluding hydrogens is 155 g/mol. The van der Waals surface area contributed by atoms with Crippen molar-refractivity contribution >= 4 is 7.60 Å². The summed E-state index contributed by atoms with van der Waals surface area (Å²) in [4.78, 5) is 17.0. The standard InChI is InChI=1S/C5H13O4P/c1-5(2,3)4(6)10(7,8)9/h4,6H,1-3H3,(H2,7,8,9)/t4-/m0/s1. The Kier molecular flexibility index (Phi) is 2.65. The number of aliphatic hydroxyl groups excluding tert-OH is 1. The summed E-state index contributed by atoms with van der Waals surface area (Å²) < 4.78 is 10.4. The fourth-order valence-electron chi connectivity index (χ4n) is 0.505. The van der Waals surface area contributed by atoms with E-state index in [1.165, 1.54) is 0 Å². The van der Waals surface area contributed by atoms with Gasteiger partial charge in [0.2, 0.25) is 0 Å². The smallest absolute Gasteiger partial charge is 0.354 e. The van der Waals surface area contributed by atoms with E-state index in [1.54, 1.807) is 20.8 Å². The van der Waals surface area contributed by atoms with Gasteiger partial charge in [-0.05, 0) is 5.41 Å². The van der Waals surface area contributed by atoms with Gasteiger partial charge < -0.3 is 14.9 Å². The van der Waals surface area contributed by atoms with Gasteiger partial charge in [-0.1, -0.05) is 20.8 Å². The van der Waals surface area contributed by atoms with Crippen LogP contribution in [0.1, 0.15) is 20.8 Å². The van der Waals surface area contributed by atoms with Crippen LogP contribution in [0.5, 0.6) is 0 Å². The van der Waals surface area contributed by atoms with Crippen LogP contribution in [0.25, 0.3) is 0 Å². The van der Waals surface area contributed by atoms with Crippen LogP contribution < -0.4 is 0 Å². The lowest BCUT2D eigenvalue weighted by Gasteiger charge is -2.25. The predicted molar refractivity (Wildman–Crippen MR) is 37.5 cm³/mol. The van der Waals surface area contributed by atoms with Crippen molar-refractivity contribution in [3.8, 4) is 0 Å². The fraction of sp³-hybridized carbons (Fsp3) is 1.00. The van der Waals surface area contributed by atoms with Crippen molar-refractivity contribution in [1.29, 1.82) is 0 Å². The molecule has 3 N–H and O–H groups in total. The van der Waals surface area contributed by atoms with Crippen molar-refractivity contribution in [2.45, 2.75) is 26.6 Å². The van der Waals surface area contributed by atoms with Gasteiger partial charge in [0.25, 0.3) is 0 Å². The highest BCUT2D eigenvalue weighted by atomic mass is 31.2. The van der Waals surface area contributed by atoms with Gasteiger partial charge >= 0.3 is 7.60 Å². The second-order valence-corrected chi connectivity index (χ2v) is 5.00. The van der Waals surface area contributed by atoms with Crippen LogP contribution in [0.2, 0.25) is 0 Å². The highest BCUT2D eigenvalue weighted by Gasteiger charge is 2.36. The quantitative estimate of drug-likeness (QED) is 0.499. The summed E-state index contributed by atoms with van der Waals surface area (Å²) in [6.45, 7) is 4.70. The number of aliphatic hydroxyl groups is 1. The molecule has 0 amide bonds. The SMILES string of the molecule is CC(C)(C)[C@@H](O)P(=O)(O)O. The Hall–Kier alpha value is 0.110. The van der Waals surface area contributed by atoms with Crippen molar-refractivity contribution in [2.24, 2.45) is 5.41 Å². The predicted octanol–water partition coefficient (Wildman–Crippen LogP) is 0.529. The lowest BCUT2D eigenvalue weighted by Crippen LogP contribution is -2.25. The largest absolute Gasteiger partial charge is 0.380 e. The van der Waals surface area contributed by atoms with Gasteiger partial charge in [0.15, 0.2) is 5.85 Å². The molecule has 0 radical (unpaired) electrons. The van der Waals surface area contributed by atoms with E-state index in [-0.39, 0.29) is 0 Å². The summed E-state index contributed by atoms with van der Waals surface area (Å²) in [7, 11) is -4.32. The number of hydrogen-bond donors (Lipinski definition) is 3. The van der Waals surface area contributed by atoms with Crippen LogP contribution in [-0.4, -0.2) is 20.7 Å². The maximum Gasteiger partial charge on any atom is 0.354 e. The maximum atomic E-state index is 10.4. The summed E-state index contributed by atoms with van der Waals surface area (Å²) in [6, 6.07) is 0. The van der Waals surface area contributed by atoms with Crippen LogP contribution in [0.15, 0.2) is 0 Å². The first-order chi connectivity index (χ1) is 4.15. The molecular formula is C5H13O4P. The Labute approximate surface area is 60.0 Å². The zero-order valence-electron chi connectivity index (χ0n) is 6.27. The number of hydrogen-bond acceptors (Lipinski definition) is 2. The third kappa shape index (κ3) is 2.80. The van der Waals surface area contributed by atoms with Crippen LogP contribution in [0, 0.1) is 5.41 Å². The van der Waals surface area contributed by atoms with E-state index < -0.39 is 18.9 Å². The van der Waals surface area contributed by atoms with Crippen LogP contribution in [0.3, 0.4) is 0 Å². The van der Waals surface area contributed by atoms with Gasteiger partial charge in [0, 0.05) is 0 Å². The molecule has 62 valence electrons. The second kappa shape index (κ2) is 2.62. The van der Waals surface area contributed by atoms with Gasteiger partial charge in [-0.25, -0.2) is 0 Å². The molecule has 0 spiro atoms. The van der Waals surface area contributed by atoms with E-state index in [2.05, 4.69) is 0 Å². The molecule has 0 rings (SSSR count). The Bertz CT molecular complexity index is 154. The third-order valence-electron chi connectivity index (χ3n) is 1.09. The van der Waals surface area contributed by atoms with E-state index in [4.69, 9.17) is 14.9 Å². The van der Waals surface area contributed by atoms with E-state index >= 15 is 0 Å². The van der Waals surface area contributed by atoms with Crippen molar-refractivity contribution in [2.75, 3.05) is 0 Å². The molecule has 0 saturated heterocycles. The molecule has 0 aliphatic carbocycles. The molecule has 0 aromatic heterocycles. The minimum Gasteiger partial charge on any atom is -0.380 e. The van der Waals surface area contributed by atoms with Crippen molar-refractivity contribution < 1.29 is 19.5 Å². The zero-order valence-corrected chi connectivity index (χ0v) is 7.17. The first kappa shape index (κ1) is 10.1. The van der Waals surface area contributed by atoms with Crippen molar-refractivity contribution in [3.05, 3.63) is 0 Å². The molecule has 0 fully saturated rings. The van der Waals surface area contributed by atoms with Crippen molar-refractivity contribution in [1.82, 2.24) is 0 Å². The minimum absolute atomic E-state index is 0.765. The molecule has 10 heavy (non-hydrogen) atoms. The summed E-state index contributed by atoms with van der Waals surface area (Å²) in [5.74, 6) is -1.57. The van der Waals surface area contributed by atoms with Gasteiger partial charge in [-0.2, -0.15) is 0 Å². The topological polar surface area (TPSA) is 77.8 Å². The molecule has 0 bridgehead atoms. The van der Waals surface area contributed by atoms with Gasteiger partial charge in [0.05, 0.1) is 0 Å². The molecule has 1 atom stereocenters. The fourth-order valence-corrected chi connectivity index (χ4v) is 1.51. The minimum atomic E-state index is -4.32. The highest BCUT2D eigenvalue weighted by molar-refractivity contribution is 7.52. The first-order valence-electron chi connectivity index (χ1n) is 2.89. The highest BCUT2D eigenvalue weighted by Crippen LogP contribution is 2.47. The van der Waals surface area contributed by atoms with Crippen molar-refractivity contribution in [3.63, 3.8) is 0 Å². The average Bonchev–Trinajstić information content (AvgIpc) is 1.59. The maximum absolute atomic E-state index is 10.4. The second-order valence-electron chi connectivity index (χ2n) is 3.33. The number of rotatable bonds is 1. The normalized spacial score (nSPS) is 17.0. The van der Waals surface area contributed by atoms with Crippen LogP contribution >= 0.6 is 7.60 Å². The molecule has 0 saturated carbocycles. The Morgan fingerprint density at radius 1 is 1.30 bits per heavy atom. The molecule has 4 nitrogen and oxygen atoms in total. The molecule has 0 aliphatic heterocycles. The van der Waals surface area contributed by atoms with Gasteiger partial charge in [0.1, 0.15) is 0 Å². The Morgan fingerprint density at radius 2 is 1.60 bits per heavy atom. The Morgan fingerprint density at radius 3 is 1.60 bits per heavy atom. The van der Waals surface area contributed by atoms with Gasteiger partial charge in [-0.15, -0.1) is 0 Å². The monoisotopic (exact) mass is 168 g/mol. The van der Waals surface area contributed by atoms with E-state index in [0.717, 1.165) is 0 Å². The molecule has 0 heterocycles.